The van der Waals surface area contributed by atoms with Crippen LogP contribution in [0.4, 0.5) is 5.69 Å². The summed E-state index contributed by atoms with van der Waals surface area (Å²) in [7, 11) is 0. The minimum absolute atomic E-state index is 0.986. The van der Waals surface area contributed by atoms with Gasteiger partial charge in [0.2, 0.25) is 0 Å². The number of hydrogen-bond donors (Lipinski definition) is 1. The fourth-order valence-corrected chi connectivity index (χ4v) is 3.35. The third kappa shape index (κ3) is 3.33. The fourth-order valence-electron chi connectivity index (χ4n) is 1.96. The highest BCUT2D eigenvalue weighted by molar-refractivity contribution is 9.10. The van der Waals surface area contributed by atoms with Crippen LogP contribution in [-0.4, -0.2) is 6.54 Å². The number of benzene rings is 1. The maximum Gasteiger partial charge on any atom is 0.0400 e. The summed E-state index contributed by atoms with van der Waals surface area (Å²) < 4.78 is 1.15. The molecular weight excluding hydrogens is 294 g/mol. The van der Waals surface area contributed by atoms with E-state index in [2.05, 4.69) is 64.1 Å². The third-order valence-corrected chi connectivity index (χ3v) is 3.98. The summed E-state index contributed by atoms with van der Waals surface area (Å²) in [4.78, 5) is 0. The molecule has 0 aliphatic carbocycles. The Kier molecular flexibility index (Phi) is 4.24. The molecule has 0 unspecified atom stereocenters. The zero-order chi connectivity index (χ0) is 12.3. The van der Waals surface area contributed by atoms with E-state index in [-0.39, 0.29) is 0 Å². The van der Waals surface area contributed by atoms with Gasteiger partial charge in [-0.2, -0.15) is 11.3 Å². The minimum Gasteiger partial charge on any atom is -0.384 e. The van der Waals surface area contributed by atoms with Crippen molar-refractivity contribution in [2.75, 3.05) is 11.9 Å². The monoisotopic (exact) mass is 309 g/mol. The first kappa shape index (κ1) is 12.7. The van der Waals surface area contributed by atoms with Gasteiger partial charge in [0, 0.05) is 16.7 Å². The number of thiophene rings is 1. The van der Waals surface area contributed by atoms with Crippen LogP contribution in [0.2, 0.25) is 0 Å². The molecule has 1 aromatic carbocycles. The number of hydrogen-bond acceptors (Lipinski definition) is 2. The normalized spacial score (nSPS) is 10.5. The third-order valence-electron chi connectivity index (χ3n) is 2.79. The quantitative estimate of drug-likeness (QED) is 0.857. The van der Waals surface area contributed by atoms with Crippen molar-refractivity contribution in [1.82, 2.24) is 0 Å². The summed E-state index contributed by atoms with van der Waals surface area (Å²) in [5.41, 5.74) is 5.27. The van der Waals surface area contributed by atoms with Gasteiger partial charge in [0.1, 0.15) is 0 Å². The van der Waals surface area contributed by atoms with Gasteiger partial charge in [0.05, 0.1) is 0 Å². The Labute approximate surface area is 115 Å². The molecule has 1 heterocycles. The largest absolute Gasteiger partial charge is 0.384 e. The van der Waals surface area contributed by atoms with Crippen LogP contribution in [0.25, 0.3) is 0 Å². The molecule has 0 saturated heterocycles. The van der Waals surface area contributed by atoms with E-state index in [0.717, 1.165) is 17.4 Å². The number of nitrogens with one attached hydrogen (secondary N) is 1. The van der Waals surface area contributed by atoms with E-state index in [4.69, 9.17) is 0 Å². The lowest BCUT2D eigenvalue weighted by Crippen LogP contribution is -2.07. The average Bonchev–Trinajstić information content (AvgIpc) is 2.74. The van der Waals surface area contributed by atoms with Crippen LogP contribution in [0.5, 0.6) is 0 Å². The molecule has 0 aliphatic rings. The van der Waals surface area contributed by atoms with Gasteiger partial charge in [0.15, 0.2) is 0 Å². The SMILES string of the molecule is Cc1cc(Br)cc(C)c1NCCc1ccsc1. The van der Waals surface area contributed by atoms with Gasteiger partial charge in [-0.15, -0.1) is 0 Å². The van der Waals surface area contributed by atoms with Crippen molar-refractivity contribution in [3.8, 4) is 0 Å². The summed E-state index contributed by atoms with van der Waals surface area (Å²) >= 11 is 5.28. The second kappa shape index (κ2) is 5.69. The van der Waals surface area contributed by atoms with E-state index in [9.17, 15) is 0 Å². The van der Waals surface area contributed by atoms with Crippen molar-refractivity contribution in [2.24, 2.45) is 0 Å². The van der Waals surface area contributed by atoms with Crippen LogP contribution < -0.4 is 5.32 Å². The van der Waals surface area contributed by atoms with E-state index in [0.29, 0.717) is 0 Å². The van der Waals surface area contributed by atoms with Crippen molar-refractivity contribution >= 4 is 33.0 Å². The van der Waals surface area contributed by atoms with Gasteiger partial charge in [0.25, 0.3) is 0 Å². The lowest BCUT2D eigenvalue weighted by molar-refractivity contribution is 1.02. The van der Waals surface area contributed by atoms with Gasteiger partial charge in [-0.05, 0) is 65.9 Å². The number of anilines is 1. The lowest BCUT2D eigenvalue weighted by Gasteiger charge is -2.13. The Bertz CT molecular complexity index is 468. The van der Waals surface area contributed by atoms with Crippen molar-refractivity contribution < 1.29 is 0 Å². The van der Waals surface area contributed by atoms with Crippen molar-refractivity contribution in [2.45, 2.75) is 20.3 Å². The molecular formula is C14H16BrNS. The van der Waals surface area contributed by atoms with Gasteiger partial charge < -0.3 is 5.32 Å². The predicted molar refractivity (Wildman–Crippen MR) is 80.1 cm³/mol. The van der Waals surface area contributed by atoms with Crippen LogP contribution in [0.15, 0.2) is 33.4 Å². The number of rotatable bonds is 4. The Morgan fingerprint density at radius 2 is 1.94 bits per heavy atom. The summed E-state index contributed by atoms with van der Waals surface area (Å²) in [5, 5.41) is 7.87. The molecule has 0 bridgehead atoms. The second-order valence-corrected chi connectivity index (χ2v) is 5.92. The van der Waals surface area contributed by atoms with Crippen molar-refractivity contribution in [1.29, 1.82) is 0 Å². The van der Waals surface area contributed by atoms with E-state index >= 15 is 0 Å². The average molecular weight is 310 g/mol. The van der Waals surface area contributed by atoms with Crippen LogP contribution in [0.1, 0.15) is 16.7 Å². The predicted octanol–water partition coefficient (Wildman–Crippen LogP) is 4.78. The highest BCUT2D eigenvalue weighted by Gasteiger charge is 2.03. The Morgan fingerprint density at radius 3 is 2.53 bits per heavy atom. The van der Waals surface area contributed by atoms with Gasteiger partial charge in [-0.1, -0.05) is 15.9 Å². The summed E-state index contributed by atoms with van der Waals surface area (Å²) in [5.74, 6) is 0. The molecule has 1 N–H and O–H groups in total. The molecule has 1 aromatic heterocycles. The number of halogens is 1. The molecule has 0 radical (unpaired) electrons. The van der Waals surface area contributed by atoms with Crippen LogP contribution >= 0.6 is 27.3 Å². The first-order valence-electron chi connectivity index (χ1n) is 5.68. The summed E-state index contributed by atoms with van der Waals surface area (Å²) in [6.07, 6.45) is 1.08. The summed E-state index contributed by atoms with van der Waals surface area (Å²) in [6.45, 7) is 5.27. The molecule has 0 fully saturated rings. The molecule has 90 valence electrons. The zero-order valence-electron chi connectivity index (χ0n) is 10.1. The lowest BCUT2D eigenvalue weighted by atomic mass is 10.1. The highest BCUT2D eigenvalue weighted by atomic mass is 79.9. The molecule has 1 nitrogen and oxygen atoms in total. The molecule has 3 heteroatoms. The van der Waals surface area contributed by atoms with Crippen molar-refractivity contribution in [3.63, 3.8) is 0 Å². The van der Waals surface area contributed by atoms with Crippen molar-refractivity contribution in [3.05, 3.63) is 50.1 Å². The molecule has 17 heavy (non-hydrogen) atoms. The van der Waals surface area contributed by atoms with Crippen LogP contribution in [0.3, 0.4) is 0 Å². The molecule has 0 spiro atoms. The van der Waals surface area contributed by atoms with Crippen LogP contribution in [-0.2, 0) is 6.42 Å². The van der Waals surface area contributed by atoms with E-state index < -0.39 is 0 Å². The van der Waals surface area contributed by atoms with Gasteiger partial charge >= 0.3 is 0 Å². The van der Waals surface area contributed by atoms with Gasteiger partial charge in [-0.3, -0.25) is 0 Å². The Hall–Kier alpha value is -0.800. The summed E-state index contributed by atoms with van der Waals surface area (Å²) in [6, 6.07) is 6.49. The number of aryl methyl sites for hydroxylation is 2. The second-order valence-electron chi connectivity index (χ2n) is 4.22. The molecule has 2 aromatic rings. The minimum atomic E-state index is 0.986. The molecule has 0 aliphatic heterocycles. The Balaban J connectivity index is 1.99. The fraction of sp³-hybridized carbons (Fsp3) is 0.286. The van der Waals surface area contributed by atoms with Gasteiger partial charge in [-0.25, -0.2) is 0 Å². The van der Waals surface area contributed by atoms with E-state index in [1.807, 2.05) is 0 Å². The maximum atomic E-state index is 3.53. The molecule has 0 saturated carbocycles. The molecule has 0 atom stereocenters. The Morgan fingerprint density at radius 1 is 1.24 bits per heavy atom. The molecule has 0 amide bonds. The van der Waals surface area contributed by atoms with Crippen LogP contribution in [0, 0.1) is 13.8 Å². The first-order chi connectivity index (χ1) is 8.16. The topological polar surface area (TPSA) is 12.0 Å². The van der Waals surface area contributed by atoms with E-state index in [1.165, 1.54) is 22.4 Å². The standard InChI is InChI=1S/C14H16BrNS/c1-10-7-13(15)8-11(2)14(10)16-5-3-12-4-6-17-9-12/h4,6-9,16H,3,5H2,1-2H3. The molecule has 2 rings (SSSR count). The first-order valence-corrected chi connectivity index (χ1v) is 7.42. The highest BCUT2D eigenvalue weighted by Crippen LogP contribution is 2.25. The maximum absolute atomic E-state index is 3.53. The van der Waals surface area contributed by atoms with E-state index in [1.54, 1.807) is 11.3 Å². The smallest absolute Gasteiger partial charge is 0.0400 e. The zero-order valence-corrected chi connectivity index (χ0v) is 12.5.